The number of hydrogen-bond acceptors (Lipinski definition) is 4. The molecule has 30 heavy (non-hydrogen) atoms. The van der Waals surface area contributed by atoms with E-state index < -0.39 is 11.7 Å². The van der Waals surface area contributed by atoms with Crippen molar-refractivity contribution in [1.29, 1.82) is 0 Å². The van der Waals surface area contributed by atoms with Crippen LogP contribution in [0.3, 0.4) is 0 Å². The molecule has 0 bridgehead atoms. The predicted molar refractivity (Wildman–Crippen MR) is 120 cm³/mol. The summed E-state index contributed by atoms with van der Waals surface area (Å²) >= 11 is 0. The lowest BCUT2D eigenvalue weighted by atomic mass is 10.2. The second-order valence-electron chi connectivity index (χ2n) is 7.50. The molecule has 0 aromatic heterocycles. The Hall–Kier alpha value is -2.86. The molecule has 0 unspecified atom stereocenters. The summed E-state index contributed by atoms with van der Waals surface area (Å²) < 4.78 is 25.5. The smallest absolute Gasteiger partial charge is 0.284 e. The monoisotopic (exact) mass is 414 g/mol. The fraction of sp³-hybridized carbons (Fsp3) is 0.375. The molecule has 0 aliphatic carbocycles. The van der Waals surface area contributed by atoms with Crippen LogP contribution in [0.4, 0.5) is 10.1 Å². The first kappa shape index (κ1) is 23.4. The van der Waals surface area contributed by atoms with Crippen molar-refractivity contribution in [3.63, 3.8) is 0 Å². The lowest BCUT2D eigenvalue weighted by molar-refractivity contribution is -0.114. The number of halogens is 1. The molecular formula is C24H31FN2O3. The van der Waals surface area contributed by atoms with Crippen molar-refractivity contribution in [2.45, 2.75) is 39.8 Å². The van der Waals surface area contributed by atoms with Gasteiger partial charge in [0.25, 0.3) is 5.91 Å². The highest BCUT2D eigenvalue weighted by atomic mass is 19.1. The van der Waals surface area contributed by atoms with E-state index in [0.29, 0.717) is 41.4 Å². The van der Waals surface area contributed by atoms with Crippen LogP contribution in [-0.2, 0) is 4.79 Å². The van der Waals surface area contributed by atoms with Gasteiger partial charge in [0.2, 0.25) is 0 Å². The Kier molecular flexibility index (Phi) is 8.87. The Morgan fingerprint density at radius 3 is 2.33 bits per heavy atom. The Bertz CT molecular complexity index is 843. The summed E-state index contributed by atoms with van der Waals surface area (Å²) in [6, 6.07) is 14.6. The number of methoxy groups -OCH3 is 1. The normalized spacial score (nSPS) is 11.8. The van der Waals surface area contributed by atoms with Crippen LogP contribution in [0.15, 0.2) is 54.4 Å². The summed E-state index contributed by atoms with van der Waals surface area (Å²) in [5.41, 5.74) is 1.04. The number of carbonyl (C=O) groups is 1. The fourth-order valence-corrected chi connectivity index (χ4v) is 3.19. The minimum Gasteiger partial charge on any atom is -0.493 e. The molecular weight excluding hydrogens is 383 g/mol. The topological polar surface area (TPSA) is 50.8 Å². The zero-order chi connectivity index (χ0) is 22.1. The van der Waals surface area contributed by atoms with Gasteiger partial charge in [0, 0.05) is 30.4 Å². The quantitative estimate of drug-likeness (QED) is 0.547. The van der Waals surface area contributed by atoms with E-state index in [1.165, 1.54) is 6.08 Å². The Morgan fingerprint density at radius 1 is 1.07 bits per heavy atom. The third kappa shape index (κ3) is 6.88. The van der Waals surface area contributed by atoms with Crippen molar-refractivity contribution in [1.82, 2.24) is 4.90 Å². The lowest BCUT2D eigenvalue weighted by Gasteiger charge is -2.30. The van der Waals surface area contributed by atoms with Gasteiger partial charge in [-0.25, -0.2) is 4.39 Å². The van der Waals surface area contributed by atoms with Crippen LogP contribution < -0.4 is 14.8 Å². The molecule has 2 rings (SSSR count). The van der Waals surface area contributed by atoms with Crippen LogP contribution in [0.25, 0.3) is 6.08 Å². The van der Waals surface area contributed by atoms with Gasteiger partial charge in [-0.05, 0) is 51.5 Å². The zero-order valence-electron chi connectivity index (χ0n) is 18.3. The first-order chi connectivity index (χ1) is 14.3. The molecule has 5 nitrogen and oxygen atoms in total. The average molecular weight is 415 g/mol. The third-order valence-electron chi connectivity index (χ3n) is 4.67. The minimum absolute atomic E-state index is 0.403. The number of anilines is 1. The summed E-state index contributed by atoms with van der Waals surface area (Å²) in [7, 11) is 1.55. The zero-order valence-corrected chi connectivity index (χ0v) is 18.3. The van der Waals surface area contributed by atoms with Crippen LogP contribution in [0.1, 0.15) is 33.3 Å². The van der Waals surface area contributed by atoms with E-state index in [1.54, 1.807) is 49.6 Å². The van der Waals surface area contributed by atoms with E-state index in [4.69, 9.17) is 9.47 Å². The van der Waals surface area contributed by atoms with E-state index in [1.807, 2.05) is 6.07 Å². The molecule has 0 radical (unpaired) electrons. The Labute approximate surface area is 178 Å². The maximum atomic E-state index is 14.2. The van der Waals surface area contributed by atoms with Gasteiger partial charge in [-0.2, -0.15) is 0 Å². The number of hydrogen-bond donors (Lipinski definition) is 1. The van der Waals surface area contributed by atoms with Gasteiger partial charge in [0.05, 0.1) is 7.11 Å². The fourth-order valence-electron chi connectivity index (χ4n) is 3.19. The van der Waals surface area contributed by atoms with Gasteiger partial charge in [-0.15, -0.1) is 0 Å². The number of rotatable bonds is 10. The predicted octanol–water partition coefficient (Wildman–Crippen LogP) is 5.14. The standard InChI is InChI=1S/C24H31FN2O3/c1-17(2)27(18(3)4)13-14-30-23-16-20(11-12-22(23)29-5)26-24(28)21(25)15-19-9-7-6-8-10-19/h6-12,15-18H,13-14H2,1-5H3,(H,26,28). The highest BCUT2D eigenvalue weighted by molar-refractivity contribution is 6.05. The molecule has 2 aromatic rings. The molecule has 0 saturated carbocycles. The number of nitrogens with zero attached hydrogens (tertiary/aromatic N) is 1. The summed E-state index contributed by atoms with van der Waals surface area (Å²) in [4.78, 5) is 14.5. The van der Waals surface area contributed by atoms with E-state index in [2.05, 4.69) is 37.9 Å². The van der Waals surface area contributed by atoms with Crippen molar-refractivity contribution in [2.24, 2.45) is 0 Å². The summed E-state index contributed by atoms with van der Waals surface area (Å²) in [6.45, 7) is 9.81. The third-order valence-corrected chi connectivity index (χ3v) is 4.67. The number of nitrogens with one attached hydrogen (secondary N) is 1. The van der Waals surface area contributed by atoms with Crippen molar-refractivity contribution < 1.29 is 18.7 Å². The number of benzene rings is 2. The Morgan fingerprint density at radius 2 is 1.73 bits per heavy atom. The highest BCUT2D eigenvalue weighted by Crippen LogP contribution is 2.30. The first-order valence-electron chi connectivity index (χ1n) is 10.1. The van der Waals surface area contributed by atoms with Crippen molar-refractivity contribution in [3.8, 4) is 11.5 Å². The minimum atomic E-state index is -0.871. The van der Waals surface area contributed by atoms with E-state index in [0.717, 1.165) is 6.54 Å². The van der Waals surface area contributed by atoms with Crippen LogP contribution in [-0.4, -0.2) is 43.2 Å². The molecule has 0 spiro atoms. The highest BCUT2D eigenvalue weighted by Gasteiger charge is 2.15. The average Bonchev–Trinajstić information content (AvgIpc) is 2.71. The van der Waals surface area contributed by atoms with Gasteiger partial charge in [-0.1, -0.05) is 30.3 Å². The van der Waals surface area contributed by atoms with Gasteiger partial charge >= 0.3 is 0 Å². The molecule has 0 aliphatic heterocycles. The van der Waals surface area contributed by atoms with Crippen LogP contribution >= 0.6 is 0 Å². The van der Waals surface area contributed by atoms with Crippen molar-refractivity contribution >= 4 is 17.7 Å². The molecule has 1 amide bonds. The molecule has 162 valence electrons. The van der Waals surface area contributed by atoms with Gasteiger partial charge in [0.1, 0.15) is 6.61 Å². The summed E-state index contributed by atoms with van der Waals surface area (Å²) in [5, 5.41) is 2.56. The van der Waals surface area contributed by atoms with Crippen LogP contribution in [0.2, 0.25) is 0 Å². The maximum Gasteiger partial charge on any atom is 0.284 e. The second-order valence-corrected chi connectivity index (χ2v) is 7.50. The van der Waals surface area contributed by atoms with Crippen molar-refractivity contribution in [2.75, 3.05) is 25.6 Å². The first-order valence-corrected chi connectivity index (χ1v) is 10.1. The van der Waals surface area contributed by atoms with Crippen LogP contribution in [0, 0.1) is 0 Å². The molecule has 0 heterocycles. The molecule has 0 saturated heterocycles. The molecule has 0 atom stereocenters. The van der Waals surface area contributed by atoms with Gasteiger partial charge < -0.3 is 14.8 Å². The SMILES string of the molecule is COc1ccc(NC(=O)C(F)=Cc2ccccc2)cc1OCCN(C(C)C)C(C)C. The van der Waals surface area contributed by atoms with E-state index in [-0.39, 0.29) is 0 Å². The lowest BCUT2D eigenvalue weighted by Crippen LogP contribution is -2.39. The number of carbonyl (C=O) groups excluding carboxylic acids is 1. The number of amides is 1. The van der Waals surface area contributed by atoms with Gasteiger partial charge in [0.15, 0.2) is 17.3 Å². The van der Waals surface area contributed by atoms with Gasteiger partial charge in [-0.3, -0.25) is 9.69 Å². The Balaban J connectivity index is 2.06. The second kappa shape index (κ2) is 11.4. The maximum absolute atomic E-state index is 14.2. The molecule has 0 aliphatic rings. The molecule has 0 fully saturated rings. The van der Waals surface area contributed by atoms with E-state index in [9.17, 15) is 9.18 Å². The summed E-state index contributed by atoms with van der Waals surface area (Å²) in [5.74, 6) is -0.645. The van der Waals surface area contributed by atoms with Crippen molar-refractivity contribution in [3.05, 3.63) is 59.9 Å². The number of ether oxygens (including phenoxy) is 2. The van der Waals surface area contributed by atoms with Crippen LogP contribution in [0.5, 0.6) is 11.5 Å². The summed E-state index contributed by atoms with van der Waals surface area (Å²) in [6.07, 6.45) is 1.20. The molecule has 1 N–H and O–H groups in total. The molecule has 6 heteroatoms. The molecule has 2 aromatic carbocycles. The van der Waals surface area contributed by atoms with E-state index >= 15 is 0 Å². The largest absolute Gasteiger partial charge is 0.493 e.